The van der Waals surface area contributed by atoms with Crippen LogP contribution in [0.15, 0.2) is 0 Å². The summed E-state index contributed by atoms with van der Waals surface area (Å²) in [5.41, 5.74) is 5.55. The number of hydrogen-bond acceptors (Lipinski definition) is 4. The fourth-order valence-corrected chi connectivity index (χ4v) is 1.22. The zero-order valence-electron chi connectivity index (χ0n) is 7.41. The number of hydrogen-bond donors (Lipinski definition) is 2. The lowest BCUT2D eigenvalue weighted by atomic mass is 10.2. The molecular formula is C6H16N2O3S. The number of methoxy groups -OCH3 is 1. The Morgan fingerprint density at radius 2 is 2.17 bits per heavy atom. The summed E-state index contributed by atoms with van der Waals surface area (Å²) < 4.78 is 28.3. The molecule has 0 radical (unpaired) electrons. The Bertz CT molecular complexity index is 203. The maximum atomic E-state index is 10.6. The van der Waals surface area contributed by atoms with Crippen molar-refractivity contribution in [2.75, 3.05) is 26.5 Å². The SMILES string of the molecule is COCC(N)CCNS(C)(=O)=O. The van der Waals surface area contributed by atoms with Crippen LogP contribution in [0.5, 0.6) is 0 Å². The monoisotopic (exact) mass is 196 g/mol. The van der Waals surface area contributed by atoms with Crippen LogP contribution in [0.1, 0.15) is 6.42 Å². The van der Waals surface area contributed by atoms with E-state index in [1.807, 2.05) is 0 Å². The predicted octanol–water partition coefficient (Wildman–Crippen LogP) is -1.10. The van der Waals surface area contributed by atoms with E-state index in [4.69, 9.17) is 10.5 Å². The second-order valence-corrected chi connectivity index (χ2v) is 4.50. The fraction of sp³-hybridized carbons (Fsp3) is 1.00. The molecule has 0 aliphatic carbocycles. The van der Waals surface area contributed by atoms with Crippen LogP contribution >= 0.6 is 0 Å². The summed E-state index contributed by atoms with van der Waals surface area (Å²) in [5.74, 6) is 0. The van der Waals surface area contributed by atoms with Gasteiger partial charge in [-0.3, -0.25) is 0 Å². The first-order valence-corrected chi connectivity index (χ1v) is 5.54. The Labute approximate surface area is 73.3 Å². The van der Waals surface area contributed by atoms with Crippen molar-refractivity contribution in [3.05, 3.63) is 0 Å². The molecule has 0 fully saturated rings. The summed E-state index contributed by atoms with van der Waals surface area (Å²) in [7, 11) is -1.52. The van der Waals surface area contributed by atoms with Gasteiger partial charge >= 0.3 is 0 Å². The third kappa shape index (κ3) is 7.93. The molecule has 74 valence electrons. The topological polar surface area (TPSA) is 81.4 Å². The molecule has 0 amide bonds. The first-order valence-electron chi connectivity index (χ1n) is 3.65. The van der Waals surface area contributed by atoms with Crippen LogP contribution in [-0.2, 0) is 14.8 Å². The van der Waals surface area contributed by atoms with E-state index in [2.05, 4.69) is 4.72 Å². The van der Waals surface area contributed by atoms with E-state index in [9.17, 15) is 8.42 Å². The van der Waals surface area contributed by atoms with Crippen molar-refractivity contribution < 1.29 is 13.2 Å². The molecule has 1 unspecified atom stereocenters. The normalized spacial score (nSPS) is 14.6. The minimum Gasteiger partial charge on any atom is -0.383 e. The Morgan fingerprint density at radius 3 is 2.58 bits per heavy atom. The Kier molecular flexibility index (Phi) is 5.39. The lowest BCUT2D eigenvalue weighted by Gasteiger charge is -2.09. The van der Waals surface area contributed by atoms with E-state index in [-0.39, 0.29) is 6.04 Å². The van der Waals surface area contributed by atoms with Crippen LogP contribution in [0.3, 0.4) is 0 Å². The molecule has 3 N–H and O–H groups in total. The molecule has 0 bridgehead atoms. The minimum atomic E-state index is -3.08. The van der Waals surface area contributed by atoms with E-state index >= 15 is 0 Å². The smallest absolute Gasteiger partial charge is 0.208 e. The van der Waals surface area contributed by atoms with Gasteiger partial charge in [0.25, 0.3) is 0 Å². The second-order valence-electron chi connectivity index (χ2n) is 2.67. The molecule has 0 heterocycles. The van der Waals surface area contributed by atoms with Gasteiger partial charge in [0.15, 0.2) is 0 Å². The van der Waals surface area contributed by atoms with Crippen molar-refractivity contribution in [3.8, 4) is 0 Å². The van der Waals surface area contributed by atoms with Gasteiger partial charge in [0.2, 0.25) is 10.0 Å². The van der Waals surface area contributed by atoms with Crippen LogP contribution in [0.25, 0.3) is 0 Å². The van der Waals surface area contributed by atoms with E-state index in [1.165, 1.54) is 0 Å². The second kappa shape index (κ2) is 5.47. The third-order valence-electron chi connectivity index (χ3n) is 1.26. The molecule has 6 heteroatoms. The average Bonchev–Trinajstić information content (AvgIpc) is 1.84. The highest BCUT2D eigenvalue weighted by molar-refractivity contribution is 7.88. The van der Waals surface area contributed by atoms with E-state index < -0.39 is 10.0 Å². The largest absolute Gasteiger partial charge is 0.383 e. The Balaban J connectivity index is 3.44. The van der Waals surface area contributed by atoms with Crippen molar-refractivity contribution >= 4 is 10.0 Å². The van der Waals surface area contributed by atoms with Gasteiger partial charge in [-0.05, 0) is 6.42 Å². The van der Waals surface area contributed by atoms with Crippen LogP contribution in [-0.4, -0.2) is 41.0 Å². The van der Waals surface area contributed by atoms with Gasteiger partial charge in [-0.15, -0.1) is 0 Å². The number of ether oxygens (including phenoxy) is 1. The lowest BCUT2D eigenvalue weighted by molar-refractivity contribution is 0.177. The molecule has 1 atom stereocenters. The highest BCUT2D eigenvalue weighted by atomic mass is 32.2. The number of sulfonamides is 1. The summed E-state index contributed by atoms with van der Waals surface area (Å²) in [4.78, 5) is 0. The summed E-state index contributed by atoms with van der Waals surface area (Å²) in [6.07, 6.45) is 1.70. The summed E-state index contributed by atoms with van der Waals surface area (Å²) in [6, 6.07) is -0.107. The van der Waals surface area contributed by atoms with Crippen molar-refractivity contribution in [1.82, 2.24) is 4.72 Å². The molecule has 0 aromatic carbocycles. The Hall–Kier alpha value is -0.170. The first kappa shape index (κ1) is 11.8. The zero-order valence-corrected chi connectivity index (χ0v) is 8.23. The molecule has 0 rings (SSSR count). The molecule has 12 heavy (non-hydrogen) atoms. The van der Waals surface area contributed by atoms with Crippen LogP contribution < -0.4 is 10.5 Å². The highest BCUT2D eigenvalue weighted by Gasteiger charge is 2.03. The first-order chi connectivity index (χ1) is 5.45. The predicted molar refractivity (Wildman–Crippen MR) is 47.3 cm³/mol. The van der Waals surface area contributed by atoms with E-state index in [0.29, 0.717) is 19.6 Å². The molecule has 0 aromatic heterocycles. The molecule has 0 aliphatic rings. The van der Waals surface area contributed by atoms with Crippen LogP contribution in [0.4, 0.5) is 0 Å². The van der Waals surface area contributed by atoms with Gasteiger partial charge in [0.1, 0.15) is 0 Å². The fourth-order valence-electron chi connectivity index (χ4n) is 0.727. The molecule has 5 nitrogen and oxygen atoms in total. The quantitative estimate of drug-likeness (QED) is 0.565. The molecule has 0 spiro atoms. The van der Waals surface area contributed by atoms with Gasteiger partial charge in [-0.25, -0.2) is 13.1 Å². The summed E-state index contributed by atoms with van der Waals surface area (Å²) >= 11 is 0. The third-order valence-corrected chi connectivity index (χ3v) is 1.99. The average molecular weight is 196 g/mol. The number of nitrogens with two attached hydrogens (primary N) is 1. The zero-order chi connectivity index (χ0) is 9.61. The summed E-state index contributed by atoms with van der Waals surface area (Å²) in [5, 5.41) is 0. The molecule has 0 aromatic rings. The van der Waals surface area contributed by atoms with Crippen LogP contribution in [0, 0.1) is 0 Å². The number of rotatable bonds is 6. The van der Waals surface area contributed by atoms with Gasteiger partial charge in [-0.1, -0.05) is 0 Å². The lowest BCUT2D eigenvalue weighted by Crippen LogP contribution is -2.32. The minimum absolute atomic E-state index is 0.107. The van der Waals surface area contributed by atoms with Gasteiger partial charge in [0, 0.05) is 19.7 Å². The van der Waals surface area contributed by atoms with Crippen molar-refractivity contribution in [1.29, 1.82) is 0 Å². The van der Waals surface area contributed by atoms with Gasteiger partial charge in [0.05, 0.1) is 12.9 Å². The van der Waals surface area contributed by atoms with E-state index in [1.54, 1.807) is 7.11 Å². The molecule has 0 saturated heterocycles. The van der Waals surface area contributed by atoms with Crippen molar-refractivity contribution in [3.63, 3.8) is 0 Å². The van der Waals surface area contributed by atoms with E-state index in [0.717, 1.165) is 6.26 Å². The molecule has 0 aliphatic heterocycles. The van der Waals surface area contributed by atoms with Gasteiger partial charge < -0.3 is 10.5 Å². The Morgan fingerprint density at radius 1 is 1.58 bits per heavy atom. The van der Waals surface area contributed by atoms with Gasteiger partial charge in [-0.2, -0.15) is 0 Å². The summed E-state index contributed by atoms with van der Waals surface area (Å²) in [6.45, 7) is 0.814. The highest BCUT2D eigenvalue weighted by Crippen LogP contribution is 1.87. The van der Waals surface area contributed by atoms with Crippen LogP contribution in [0.2, 0.25) is 0 Å². The van der Waals surface area contributed by atoms with Crippen molar-refractivity contribution in [2.24, 2.45) is 5.73 Å². The maximum Gasteiger partial charge on any atom is 0.208 e. The van der Waals surface area contributed by atoms with Crippen molar-refractivity contribution in [2.45, 2.75) is 12.5 Å². The number of nitrogens with one attached hydrogen (secondary N) is 1. The molecular weight excluding hydrogens is 180 g/mol. The standard InChI is InChI=1S/C6H16N2O3S/c1-11-5-6(7)3-4-8-12(2,9)10/h6,8H,3-5,7H2,1-2H3. The maximum absolute atomic E-state index is 10.6. The molecule has 0 saturated carbocycles.